The summed E-state index contributed by atoms with van der Waals surface area (Å²) in [4.78, 5) is 37.5. The Morgan fingerprint density at radius 1 is 1.17 bits per heavy atom. The topological polar surface area (TPSA) is 114 Å². The van der Waals surface area contributed by atoms with Gasteiger partial charge in [0.1, 0.15) is 11.4 Å². The molecule has 1 saturated carbocycles. The van der Waals surface area contributed by atoms with Crippen molar-refractivity contribution in [3.8, 4) is 5.75 Å². The normalized spacial score (nSPS) is 16.4. The summed E-state index contributed by atoms with van der Waals surface area (Å²) in [5, 5.41) is 3.27. The molecule has 0 spiro atoms. The smallest absolute Gasteiger partial charge is 0.229 e. The predicted molar refractivity (Wildman–Crippen MR) is 135 cm³/mol. The van der Waals surface area contributed by atoms with Crippen LogP contribution in [-0.4, -0.2) is 42.5 Å². The Labute approximate surface area is 203 Å². The van der Waals surface area contributed by atoms with Crippen molar-refractivity contribution in [1.82, 2.24) is 9.97 Å². The Morgan fingerprint density at radius 3 is 2.54 bits per heavy atom. The Bertz CT molecular complexity index is 1300. The van der Waals surface area contributed by atoms with Crippen LogP contribution in [0.2, 0.25) is 0 Å². The molecule has 3 N–H and O–H groups in total. The van der Waals surface area contributed by atoms with E-state index in [0.717, 1.165) is 41.1 Å². The molecule has 0 unspecified atom stereocenters. The molecule has 1 aliphatic carbocycles. The van der Waals surface area contributed by atoms with E-state index in [9.17, 15) is 9.59 Å². The van der Waals surface area contributed by atoms with Gasteiger partial charge in [0.25, 0.3) is 0 Å². The number of benzene rings is 2. The van der Waals surface area contributed by atoms with E-state index in [1.54, 1.807) is 25.3 Å². The minimum Gasteiger partial charge on any atom is -0.497 e. The first kappa shape index (κ1) is 22.6. The van der Waals surface area contributed by atoms with Crippen molar-refractivity contribution in [2.24, 2.45) is 5.73 Å². The molecule has 3 aromatic rings. The monoisotopic (exact) mass is 472 g/mol. The highest BCUT2D eigenvalue weighted by atomic mass is 16.5. The van der Waals surface area contributed by atoms with Crippen LogP contribution in [0.4, 0.5) is 28.8 Å². The molecular formula is C26H28N6O3. The van der Waals surface area contributed by atoms with Crippen molar-refractivity contribution in [2.45, 2.75) is 31.6 Å². The number of methoxy groups -OCH3 is 1. The highest BCUT2D eigenvalue weighted by Gasteiger charge is 2.50. The summed E-state index contributed by atoms with van der Waals surface area (Å²) in [6, 6.07) is 13.5. The quantitative estimate of drug-likeness (QED) is 0.564. The van der Waals surface area contributed by atoms with Gasteiger partial charge in [-0.25, -0.2) is 4.98 Å². The van der Waals surface area contributed by atoms with Gasteiger partial charge in [0.15, 0.2) is 5.82 Å². The molecule has 9 nitrogen and oxygen atoms in total. The van der Waals surface area contributed by atoms with Crippen molar-refractivity contribution in [2.75, 3.05) is 35.8 Å². The Balaban J connectivity index is 1.48. The number of nitrogens with one attached hydrogen (secondary N) is 1. The lowest BCUT2D eigenvalue weighted by molar-refractivity contribution is -0.120. The molecule has 0 radical (unpaired) electrons. The Kier molecular flexibility index (Phi) is 5.55. The SMILES string of the molecule is COc1ccc(N2CCC(=O)N(C)c3cnc(Nc4ccc(C5(C(N)=O)CC5)c(C)c4)nc32)cc1. The molecule has 0 bridgehead atoms. The average Bonchev–Trinajstić information content (AvgIpc) is 3.67. The Morgan fingerprint density at radius 2 is 1.91 bits per heavy atom. The van der Waals surface area contributed by atoms with Crippen LogP contribution < -0.4 is 25.6 Å². The first-order valence-corrected chi connectivity index (χ1v) is 11.6. The molecule has 9 heteroatoms. The number of fused-ring (bicyclic) bond motifs is 1. The van der Waals surface area contributed by atoms with Gasteiger partial charge in [0.05, 0.1) is 18.7 Å². The average molecular weight is 473 g/mol. The number of carbonyl (C=O) groups is 2. The summed E-state index contributed by atoms with van der Waals surface area (Å²) in [5.74, 6) is 1.53. The summed E-state index contributed by atoms with van der Waals surface area (Å²) in [7, 11) is 3.37. The first-order chi connectivity index (χ1) is 16.8. The minimum atomic E-state index is -0.529. The van der Waals surface area contributed by atoms with Gasteiger partial charge >= 0.3 is 0 Å². The predicted octanol–water partition coefficient (Wildman–Crippen LogP) is 3.56. The second-order valence-electron chi connectivity index (χ2n) is 9.06. The van der Waals surface area contributed by atoms with Crippen LogP contribution in [0, 0.1) is 6.92 Å². The number of ether oxygens (including phenoxy) is 1. The molecule has 1 aromatic heterocycles. The molecule has 2 aromatic carbocycles. The van der Waals surface area contributed by atoms with Gasteiger partial charge in [-0.2, -0.15) is 4.98 Å². The van der Waals surface area contributed by atoms with Crippen LogP contribution in [0.3, 0.4) is 0 Å². The summed E-state index contributed by atoms with van der Waals surface area (Å²) in [6.07, 6.45) is 3.59. The molecular weight excluding hydrogens is 444 g/mol. The number of nitrogens with two attached hydrogens (primary N) is 1. The molecule has 180 valence electrons. The van der Waals surface area contributed by atoms with Gasteiger partial charge in [-0.1, -0.05) is 6.07 Å². The van der Waals surface area contributed by atoms with Gasteiger partial charge < -0.3 is 25.6 Å². The molecule has 0 saturated heterocycles. The third-order valence-electron chi connectivity index (χ3n) is 6.89. The molecule has 5 rings (SSSR count). The fourth-order valence-electron chi connectivity index (χ4n) is 4.67. The third kappa shape index (κ3) is 4.03. The molecule has 2 aliphatic rings. The van der Waals surface area contributed by atoms with E-state index in [1.165, 1.54) is 0 Å². The number of aromatic nitrogens is 2. The van der Waals surface area contributed by atoms with E-state index >= 15 is 0 Å². The maximum atomic E-state index is 12.6. The fraction of sp³-hybridized carbons (Fsp3) is 0.308. The number of anilines is 5. The Hall–Kier alpha value is -4.14. The zero-order valence-corrected chi connectivity index (χ0v) is 20.0. The van der Waals surface area contributed by atoms with Crippen molar-refractivity contribution in [3.05, 3.63) is 59.8 Å². The second kappa shape index (κ2) is 8.57. The number of hydrogen-bond acceptors (Lipinski definition) is 7. The van der Waals surface area contributed by atoms with Crippen molar-refractivity contribution < 1.29 is 14.3 Å². The number of hydrogen-bond donors (Lipinski definition) is 2. The molecule has 2 amide bonds. The number of aryl methyl sites for hydroxylation is 1. The van der Waals surface area contributed by atoms with E-state index in [0.29, 0.717) is 30.4 Å². The van der Waals surface area contributed by atoms with Crippen LogP contribution in [0.15, 0.2) is 48.7 Å². The van der Waals surface area contributed by atoms with E-state index in [2.05, 4.69) is 10.3 Å². The molecule has 1 fully saturated rings. The van der Waals surface area contributed by atoms with Gasteiger partial charge in [-0.05, 0) is 67.3 Å². The van der Waals surface area contributed by atoms with Crippen molar-refractivity contribution in [3.63, 3.8) is 0 Å². The van der Waals surface area contributed by atoms with Crippen LogP contribution >= 0.6 is 0 Å². The first-order valence-electron chi connectivity index (χ1n) is 11.6. The lowest BCUT2D eigenvalue weighted by Gasteiger charge is -2.24. The van der Waals surface area contributed by atoms with Gasteiger partial charge in [0.2, 0.25) is 17.8 Å². The number of rotatable bonds is 6. The van der Waals surface area contributed by atoms with Crippen LogP contribution in [0.1, 0.15) is 30.4 Å². The molecule has 0 atom stereocenters. The van der Waals surface area contributed by atoms with Crippen LogP contribution in [0.5, 0.6) is 5.75 Å². The highest BCUT2D eigenvalue weighted by Crippen LogP contribution is 2.49. The number of amides is 2. The lowest BCUT2D eigenvalue weighted by atomic mass is 9.91. The standard InChI is InChI=1S/C26H28N6O3/c1-16-14-17(4-9-20(16)26(11-12-26)24(27)34)29-25-28-15-21-23(30-25)32(13-10-22(33)31(21)2)18-5-7-19(35-3)8-6-18/h4-9,14-15H,10-13H2,1-3H3,(H2,27,34)(H,28,29,30). The van der Waals surface area contributed by atoms with Gasteiger partial charge in [0, 0.05) is 31.4 Å². The van der Waals surface area contributed by atoms with E-state index in [1.807, 2.05) is 54.3 Å². The molecule has 2 heterocycles. The summed E-state index contributed by atoms with van der Waals surface area (Å²) in [6.45, 7) is 2.47. The largest absolute Gasteiger partial charge is 0.497 e. The highest BCUT2D eigenvalue weighted by molar-refractivity contribution is 5.98. The second-order valence-corrected chi connectivity index (χ2v) is 9.06. The van der Waals surface area contributed by atoms with Crippen molar-refractivity contribution >= 4 is 40.6 Å². The van der Waals surface area contributed by atoms with Gasteiger partial charge in [-0.15, -0.1) is 0 Å². The van der Waals surface area contributed by atoms with E-state index in [4.69, 9.17) is 15.5 Å². The maximum Gasteiger partial charge on any atom is 0.229 e. The van der Waals surface area contributed by atoms with Gasteiger partial charge in [-0.3, -0.25) is 9.59 Å². The summed E-state index contributed by atoms with van der Waals surface area (Å²) in [5.41, 5.74) is 9.44. The number of carbonyl (C=O) groups excluding carboxylic acids is 2. The minimum absolute atomic E-state index is 0.00115. The van der Waals surface area contributed by atoms with E-state index < -0.39 is 5.41 Å². The fourth-order valence-corrected chi connectivity index (χ4v) is 4.67. The summed E-state index contributed by atoms with van der Waals surface area (Å²) < 4.78 is 5.28. The maximum absolute atomic E-state index is 12.6. The number of primary amides is 1. The molecule has 35 heavy (non-hydrogen) atoms. The number of nitrogens with zero attached hydrogens (tertiary/aromatic N) is 4. The van der Waals surface area contributed by atoms with Crippen molar-refractivity contribution in [1.29, 1.82) is 0 Å². The zero-order chi connectivity index (χ0) is 24.7. The summed E-state index contributed by atoms with van der Waals surface area (Å²) >= 11 is 0. The third-order valence-corrected chi connectivity index (χ3v) is 6.89. The van der Waals surface area contributed by atoms with Crippen LogP contribution in [-0.2, 0) is 15.0 Å². The lowest BCUT2D eigenvalue weighted by Crippen LogP contribution is -2.29. The molecule has 1 aliphatic heterocycles. The van der Waals surface area contributed by atoms with E-state index in [-0.39, 0.29) is 11.8 Å². The zero-order valence-electron chi connectivity index (χ0n) is 20.0. The van der Waals surface area contributed by atoms with Crippen LogP contribution in [0.25, 0.3) is 0 Å².